The lowest BCUT2D eigenvalue weighted by atomic mass is 9.81. The summed E-state index contributed by atoms with van der Waals surface area (Å²) in [6.45, 7) is 1.62. The van der Waals surface area contributed by atoms with Crippen molar-refractivity contribution in [3.63, 3.8) is 0 Å². The van der Waals surface area contributed by atoms with Crippen molar-refractivity contribution in [2.75, 3.05) is 0 Å². The van der Waals surface area contributed by atoms with Crippen LogP contribution in [0.25, 0.3) is 0 Å². The Morgan fingerprint density at radius 2 is 1.94 bits per heavy atom. The van der Waals surface area contributed by atoms with Gasteiger partial charge in [-0.1, -0.05) is 37.1 Å². The molecule has 86 valence electrons. The molecular formula is C14H17FO. The van der Waals surface area contributed by atoms with Crippen LogP contribution in [-0.4, -0.2) is 6.29 Å². The summed E-state index contributed by atoms with van der Waals surface area (Å²) in [7, 11) is 0. The van der Waals surface area contributed by atoms with E-state index in [1.807, 2.05) is 0 Å². The highest BCUT2D eigenvalue weighted by Crippen LogP contribution is 2.43. The quantitative estimate of drug-likeness (QED) is 0.706. The largest absolute Gasteiger partial charge is 0.298 e. The second kappa shape index (κ2) is 4.36. The van der Waals surface area contributed by atoms with Crippen LogP contribution < -0.4 is 0 Å². The fourth-order valence-electron chi connectivity index (χ4n) is 2.73. The van der Waals surface area contributed by atoms with Crippen LogP contribution >= 0.6 is 0 Å². The summed E-state index contributed by atoms with van der Waals surface area (Å²) in [4.78, 5) is 10.9. The first-order chi connectivity index (χ1) is 7.66. The lowest BCUT2D eigenvalue weighted by Gasteiger charge is -2.28. The van der Waals surface area contributed by atoms with Gasteiger partial charge in [-0.05, 0) is 31.2 Å². The fraction of sp³-hybridized carbons (Fsp3) is 0.500. The van der Waals surface area contributed by atoms with Gasteiger partial charge in [0.05, 0.1) is 0 Å². The Morgan fingerprint density at radius 3 is 2.56 bits per heavy atom. The molecule has 0 aliphatic heterocycles. The van der Waals surface area contributed by atoms with Gasteiger partial charge in [0.1, 0.15) is 12.0 Å². The summed E-state index contributed by atoms with van der Waals surface area (Å²) in [5.74, 6) is 0.0635. The number of alkyl halides is 1. The van der Waals surface area contributed by atoms with Gasteiger partial charge in [0.25, 0.3) is 0 Å². The van der Waals surface area contributed by atoms with Crippen LogP contribution in [0.4, 0.5) is 4.39 Å². The second-order valence-corrected chi connectivity index (χ2v) is 4.76. The lowest BCUT2D eigenvalue weighted by Crippen LogP contribution is -2.26. The van der Waals surface area contributed by atoms with E-state index in [9.17, 15) is 9.18 Å². The molecule has 0 radical (unpaired) electrons. The molecule has 2 rings (SSSR count). The molecule has 1 aromatic rings. The van der Waals surface area contributed by atoms with E-state index in [1.54, 1.807) is 31.2 Å². The molecule has 1 aliphatic rings. The zero-order chi connectivity index (χ0) is 11.6. The van der Waals surface area contributed by atoms with Crippen molar-refractivity contribution in [3.05, 3.63) is 35.4 Å². The highest BCUT2D eigenvalue weighted by molar-refractivity contribution is 5.77. The normalized spacial score (nSPS) is 20.6. The van der Waals surface area contributed by atoms with E-state index >= 15 is 0 Å². The third kappa shape index (κ3) is 1.89. The number of hydrogen-bond donors (Lipinski definition) is 0. The number of hydrogen-bond acceptors (Lipinski definition) is 1. The van der Waals surface area contributed by atoms with E-state index in [1.165, 1.54) is 0 Å². The molecule has 1 nitrogen and oxygen atoms in total. The van der Waals surface area contributed by atoms with Crippen LogP contribution in [0.2, 0.25) is 0 Å². The second-order valence-electron chi connectivity index (χ2n) is 4.76. The van der Waals surface area contributed by atoms with Crippen LogP contribution in [0.5, 0.6) is 0 Å². The molecule has 0 bridgehead atoms. The molecule has 0 saturated heterocycles. The van der Waals surface area contributed by atoms with Gasteiger partial charge >= 0.3 is 0 Å². The third-order valence-corrected chi connectivity index (χ3v) is 3.74. The van der Waals surface area contributed by atoms with Gasteiger partial charge in [-0.25, -0.2) is 4.39 Å². The zero-order valence-electron chi connectivity index (χ0n) is 9.58. The summed E-state index contributed by atoms with van der Waals surface area (Å²) < 4.78 is 14.8. The topological polar surface area (TPSA) is 17.1 Å². The monoisotopic (exact) mass is 220 g/mol. The molecule has 0 amide bonds. The molecular weight excluding hydrogens is 203 g/mol. The summed E-state index contributed by atoms with van der Waals surface area (Å²) in [5, 5.41) is 0. The zero-order valence-corrected chi connectivity index (χ0v) is 9.58. The summed E-state index contributed by atoms with van der Waals surface area (Å²) in [6.07, 6.45) is 4.82. The van der Waals surface area contributed by atoms with Crippen LogP contribution in [0.15, 0.2) is 24.3 Å². The van der Waals surface area contributed by atoms with Crippen molar-refractivity contribution < 1.29 is 9.18 Å². The van der Waals surface area contributed by atoms with Gasteiger partial charge in [0.15, 0.2) is 0 Å². The summed E-state index contributed by atoms with van der Waals surface area (Å²) in [5.41, 5.74) is -0.329. The Balaban J connectivity index is 2.37. The van der Waals surface area contributed by atoms with E-state index in [2.05, 4.69) is 0 Å². The molecule has 0 heterocycles. The predicted molar refractivity (Wildman–Crippen MR) is 62.2 cm³/mol. The molecule has 0 aromatic heterocycles. The minimum atomic E-state index is -1.37. The predicted octanol–water partition coefficient (Wildman–Crippen LogP) is 3.87. The first kappa shape index (κ1) is 11.3. The molecule has 2 heteroatoms. The average molecular weight is 220 g/mol. The van der Waals surface area contributed by atoms with E-state index < -0.39 is 5.67 Å². The Morgan fingerprint density at radius 1 is 1.31 bits per heavy atom. The SMILES string of the molecule is CC(F)(c1ccccc1C=O)C1CCCC1. The Labute approximate surface area is 95.7 Å². The van der Waals surface area contributed by atoms with Crippen molar-refractivity contribution in [3.8, 4) is 0 Å². The summed E-state index contributed by atoms with van der Waals surface area (Å²) in [6, 6.07) is 7.00. The van der Waals surface area contributed by atoms with E-state index in [0.29, 0.717) is 11.1 Å². The van der Waals surface area contributed by atoms with Crippen LogP contribution in [0, 0.1) is 5.92 Å². The molecule has 1 saturated carbocycles. The van der Waals surface area contributed by atoms with E-state index in [4.69, 9.17) is 0 Å². The number of carbonyl (C=O) groups is 1. The van der Waals surface area contributed by atoms with Gasteiger partial charge in [-0.15, -0.1) is 0 Å². The van der Waals surface area contributed by atoms with Crippen LogP contribution in [0.1, 0.15) is 48.5 Å². The standard InChI is InChI=1S/C14H17FO/c1-14(15,12-7-3-4-8-12)13-9-5-2-6-11(13)10-16/h2,5-6,9-10,12H,3-4,7-8H2,1H3. The third-order valence-electron chi connectivity index (χ3n) is 3.74. The van der Waals surface area contributed by atoms with Crippen LogP contribution in [-0.2, 0) is 5.67 Å². The molecule has 0 spiro atoms. The van der Waals surface area contributed by atoms with Crippen LogP contribution in [0.3, 0.4) is 0 Å². The maximum Gasteiger partial charge on any atom is 0.150 e. The van der Waals surface area contributed by atoms with Gasteiger partial charge in [-0.2, -0.15) is 0 Å². The van der Waals surface area contributed by atoms with Gasteiger partial charge in [0, 0.05) is 5.56 Å². The minimum absolute atomic E-state index is 0.0635. The van der Waals surface area contributed by atoms with E-state index in [-0.39, 0.29) is 5.92 Å². The fourth-order valence-corrected chi connectivity index (χ4v) is 2.73. The van der Waals surface area contributed by atoms with Crippen molar-refractivity contribution in [1.29, 1.82) is 0 Å². The highest BCUT2D eigenvalue weighted by Gasteiger charge is 2.38. The maximum atomic E-state index is 14.8. The number of halogens is 1. The first-order valence-electron chi connectivity index (χ1n) is 5.90. The van der Waals surface area contributed by atoms with Crippen molar-refractivity contribution >= 4 is 6.29 Å². The number of aldehydes is 1. The van der Waals surface area contributed by atoms with Crippen molar-refractivity contribution in [2.45, 2.75) is 38.3 Å². The number of rotatable bonds is 3. The lowest BCUT2D eigenvalue weighted by molar-refractivity contribution is 0.0990. The molecule has 16 heavy (non-hydrogen) atoms. The highest BCUT2D eigenvalue weighted by atomic mass is 19.1. The van der Waals surface area contributed by atoms with Crippen molar-refractivity contribution in [1.82, 2.24) is 0 Å². The average Bonchev–Trinajstić information content (AvgIpc) is 2.83. The summed E-state index contributed by atoms with van der Waals surface area (Å²) >= 11 is 0. The van der Waals surface area contributed by atoms with Gasteiger partial charge < -0.3 is 0 Å². The molecule has 1 atom stereocenters. The Hall–Kier alpha value is -1.18. The Bertz CT molecular complexity index is 378. The minimum Gasteiger partial charge on any atom is -0.298 e. The molecule has 1 aromatic carbocycles. The number of benzene rings is 1. The number of carbonyl (C=O) groups excluding carboxylic acids is 1. The smallest absolute Gasteiger partial charge is 0.150 e. The molecule has 1 aliphatic carbocycles. The van der Waals surface area contributed by atoms with Gasteiger partial charge in [-0.3, -0.25) is 4.79 Å². The molecule has 0 N–H and O–H groups in total. The molecule has 1 fully saturated rings. The molecule has 1 unspecified atom stereocenters. The van der Waals surface area contributed by atoms with Gasteiger partial charge in [0.2, 0.25) is 0 Å². The maximum absolute atomic E-state index is 14.8. The Kier molecular flexibility index (Phi) is 3.08. The first-order valence-corrected chi connectivity index (χ1v) is 5.90. The van der Waals surface area contributed by atoms with Crippen molar-refractivity contribution in [2.24, 2.45) is 5.92 Å². The van der Waals surface area contributed by atoms with E-state index in [0.717, 1.165) is 32.0 Å².